The number of nitrogens with zero attached hydrogens (tertiary/aromatic N) is 2. The minimum atomic E-state index is 0.244. The van der Waals surface area contributed by atoms with Crippen LogP contribution in [-0.4, -0.2) is 75.4 Å². The summed E-state index contributed by atoms with van der Waals surface area (Å²) in [6.45, 7) is 14.5. The van der Waals surface area contributed by atoms with Crippen molar-refractivity contribution in [2.24, 2.45) is 5.92 Å². The molecule has 4 heteroatoms. The van der Waals surface area contributed by atoms with E-state index in [1.165, 1.54) is 26.2 Å². The Labute approximate surface area is 113 Å². The van der Waals surface area contributed by atoms with Gasteiger partial charge in [-0.3, -0.25) is 4.90 Å². The third kappa shape index (κ3) is 5.22. The van der Waals surface area contributed by atoms with Gasteiger partial charge in [0.2, 0.25) is 0 Å². The van der Waals surface area contributed by atoms with E-state index < -0.39 is 0 Å². The monoisotopic (exact) mass is 257 g/mol. The molecule has 108 valence electrons. The van der Waals surface area contributed by atoms with Crippen LogP contribution in [0.2, 0.25) is 0 Å². The fourth-order valence-corrected chi connectivity index (χ4v) is 2.49. The summed E-state index contributed by atoms with van der Waals surface area (Å²) in [5.74, 6) is 0.582. The van der Waals surface area contributed by atoms with Gasteiger partial charge >= 0.3 is 0 Å². The van der Waals surface area contributed by atoms with E-state index in [-0.39, 0.29) is 5.54 Å². The topological polar surface area (TPSA) is 27.7 Å². The second-order valence-electron chi connectivity index (χ2n) is 6.29. The molecule has 1 rings (SSSR count). The maximum absolute atomic E-state index is 5.16. The summed E-state index contributed by atoms with van der Waals surface area (Å²) >= 11 is 0. The Bertz CT molecular complexity index is 225. The van der Waals surface area contributed by atoms with Crippen molar-refractivity contribution >= 4 is 0 Å². The van der Waals surface area contributed by atoms with Crippen molar-refractivity contribution in [1.82, 2.24) is 15.1 Å². The lowest BCUT2D eigenvalue weighted by atomic mass is 10.0. The van der Waals surface area contributed by atoms with Crippen LogP contribution in [0.25, 0.3) is 0 Å². The Balaban J connectivity index is 2.26. The van der Waals surface area contributed by atoms with Crippen LogP contribution in [0.4, 0.5) is 0 Å². The van der Waals surface area contributed by atoms with Crippen LogP contribution in [0, 0.1) is 5.92 Å². The van der Waals surface area contributed by atoms with Gasteiger partial charge in [0.1, 0.15) is 0 Å². The predicted octanol–water partition coefficient (Wildman–Crippen LogP) is 0.885. The molecular weight excluding hydrogens is 226 g/mol. The molecule has 1 saturated heterocycles. The molecule has 0 saturated carbocycles. The molecule has 4 nitrogen and oxygen atoms in total. The molecule has 0 spiro atoms. The highest BCUT2D eigenvalue weighted by molar-refractivity contribution is 4.87. The lowest BCUT2D eigenvalue weighted by Crippen LogP contribution is -2.57. The first-order valence-corrected chi connectivity index (χ1v) is 7.09. The van der Waals surface area contributed by atoms with Gasteiger partial charge in [-0.25, -0.2) is 0 Å². The number of rotatable bonds is 7. The fraction of sp³-hybridized carbons (Fsp3) is 1.00. The van der Waals surface area contributed by atoms with E-state index in [0.29, 0.717) is 5.92 Å². The summed E-state index contributed by atoms with van der Waals surface area (Å²) < 4.78 is 5.16. The zero-order valence-electron chi connectivity index (χ0n) is 12.8. The highest BCUT2D eigenvalue weighted by atomic mass is 16.5. The molecule has 0 amide bonds. The van der Waals surface area contributed by atoms with E-state index in [0.717, 1.165) is 19.7 Å². The first-order valence-electron chi connectivity index (χ1n) is 7.09. The summed E-state index contributed by atoms with van der Waals surface area (Å²) in [5.41, 5.74) is 0.244. The average molecular weight is 257 g/mol. The molecule has 18 heavy (non-hydrogen) atoms. The SMILES string of the molecule is COCC(C)CNCC(C)(C)N1CCN(C)CC1. The van der Waals surface area contributed by atoms with Crippen LogP contribution < -0.4 is 5.32 Å². The van der Waals surface area contributed by atoms with Gasteiger partial charge in [-0.2, -0.15) is 0 Å². The van der Waals surface area contributed by atoms with Gasteiger partial charge in [0.15, 0.2) is 0 Å². The van der Waals surface area contributed by atoms with Crippen molar-refractivity contribution in [3.05, 3.63) is 0 Å². The second-order valence-corrected chi connectivity index (χ2v) is 6.29. The van der Waals surface area contributed by atoms with Crippen LogP contribution in [0.1, 0.15) is 20.8 Å². The number of nitrogens with one attached hydrogen (secondary N) is 1. The zero-order chi connectivity index (χ0) is 13.6. The summed E-state index contributed by atoms with van der Waals surface area (Å²) in [4.78, 5) is 5.00. The number of hydrogen-bond donors (Lipinski definition) is 1. The van der Waals surface area contributed by atoms with E-state index in [4.69, 9.17) is 4.74 Å². The minimum absolute atomic E-state index is 0.244. The minimum Gasteiger partial charge on any atom is -0.384 e. The average Bonchev–Trinajstić information content (AvgIpc) is 2.29. The number of hydrogen-bond acceptors (Lipinski definition) is 4. The molecule has 0 aromatic heterocycles. The molecule has 0 aromatic carbocycles. The number of likely N-dealkylation sites (N-methyl/N-ethyl adjacent to an activating group) is 1. The number of methoxy groups -OCH3 is 1. The number of piperazine rings is 1. The second kappa shape index (κ2) is 7.43. The van der Waals surface area contributed by atoms with E-state index in [9.17, 15) is 0 Å². The molecule has 0 bridgehead atoms. The molecule has 1 aliphatic heterocycles. The van der Waals surface area contributed by atoms with Gasteiger partial charge in [-0.15, -0.1) is 0 Å². The van der Waals surface area contributed by atoms with Gasteiger partial charge in [-0.05, 0) is 33.4 Å². The maximum Gasteiger partial charge on any atom is 0.0499 e. The van der Waals surface area contributed by atoms with Crippen molar-refractivity contribution < 1.29 is 4.74 Å². The zero-order valence-corrected chi connectivity index (χ0v) is 12.8. The quantitative estimate of drug-likeness (QED) is 0.733. The summed E-state index contributed by atoms with van der Waals surface area (Å²) in [6.07, 6.45) is 0. The smallest absolute Gasteiger partial charge is 0.0499 e. The standard InChI is InChI=1S/C14H31N3O/c1-13(11-18-5)10-15-12-14(2,3)17-8-6-16(4)7-9-17/h13,15H,6-12H2,1-5H3. The molecule has 0 aromatic rings. The van der Waals surface area contributed by atoms with Gasteiger partial charge in [-0.1, -0.05) is 6.92 Å². The van der Waals surface area contributed by atoms with Gasteiger partial charge in [0.25, 0.3) is 0 Å². The molecule has 0 aliphatic carbocycles. The molecule has 1 aliphatic rings. The molecular formula is C14H31N3O. The van der Waals surface area contributed by atoms with E-state index in [2.05, 4.69) is 42.9 Å². The first-order chi connectivity index (χ1) is 8.45. The summed E-state index contributed by atoms with van der Waals surface area (Å²) in [7, 11) is 3.97. The maximum atomic E-state index is 5.16. The first kappa shape index (κ1) is 15.9. The van der Waals surface area contributed by atoms with Crippen LogP contribution in [-0.2, 0) is 4.74 Å². The molecule has 1 N–H and O–H groups in total. The molecule has 0 radical (unpaired) electrons. The Morgan fingerprint density at radius 1 is 1.22 bits per heavy atom. The van der Waals surface area contributed by atoms with Crippen LogP contribution in [0.5, 0.6) is 0 Å². The molecule has 1 fully saturated rings. The van der Waals surface area contributed by atoms with E-state index in [1.54, 1.807) is 7.11 Å². The highest BCUT2D eigenvalue weighted by Gasteiger charge is 2.28. The van der Waals surface area contributed by atoms with Crippen molar-refractivity contribution in [1.29, 1.82) is 0 Å². The predicted molar refractivity (Wildman–Crippen MR) is 77.1 cm³/mol. The number of ether oxygens (including phenoxy) is 1. The highest BCUT2D eigenvalue weighted by Crippen LogP contribution is 2.15. The Morgan fingerprint density at radius 3 is 2.39 bits per heavy atom. The van der Waals surface area contributed by atoms with Crippen molar-refractivity contribution in [3.8, 4) is 0 Å². The van der Waals surface area contributed by atoms with Gasteiger partial charge < -0.3 is 15.0 Å². The normalized spacial score (nSPS) is 21.2. The van der Waals surface area contributed by atoms with Crippen LogP contribution >= 0.6 is 0 Å². The van der Waals surface area contributed by atoms with Crippen LogP contribution in [0.15, 0.2) is 0 Å². The Morgan fingerprint density at radius 2 is 1.83 bits per heavy atom. The third-order valence-electron chi connectivity index (χ3n) is 3.86. The third-order valence-corrected chi connectivity index (χ3v) is 3.86. The molecule has 1 atom stereocenters. The molecule has 1 heterocycles. The van der Waals surface area contributed by atoms with Crippen molar-refractivity contribution in [3.63, 3.8) is 0 Å². The van der Waals surface area contributed by atoms with Gasteiger partial charge in [0, 0.05) is 52.0 Å². The van der Waals surface area contributed by atoms with Gasteiger partial charge in [0.05, 0.1) is 0 Å². The Hall–Kier alpha value is -0.160. The Kier molecular flexibility index (Phi) is 6.57. The summed E-state index contributed by atoms with van der Waals surface area (Å²) in [6, 6.07) is 0. The van der Waals surface area contributed by atoms with Crippen molar-refractivity contribution in [2.45, 2.75) is 26.3 Å². The van der Waals surface area contributed by atoms with Crippen LogP contribution in [0.3, 0.4) is 0 Å². The molecule has 1 unspecified atom stereocenters. The van der Waals surface area contributed by atoms with Crippen molar-refractivity contribution in [2.75, 3.05) is 60.0 Å². The van der Waals surface area contributed by atoms with E-state index in [1.807, 2.05) is 0 Å². The fourth-order valence-electron chi connectivity index (χ4n) is 2.49. The van der Waals surface area contributed by atoms with E-state index >= 15 is 0 Å². The summed E-state index contributed by atoms with van der Waals surface area (Å²) in [5, 5.41) is 3.58. The lowest BCUT2D eigenvalue weighted by molar-refractivity contribution is 0.0605. The lowest BCUT2D eigenvalue weighted by Gasteiger charge is -2.43. The largest absolute Gasteiger partial charge is 0.384 e.